The number of carbonyl (C=O) groups is 1. The molecule has 2 N–H and O–H groups in total. The van der Waals surface area contributed by atoms with Gasteiger partial charge in [-0.05, 0) is 70.7 Å². The highest BCUT2D eigenvalue weighted by Gasteiger charge is 2.13. The third-order valence-electron chi connectivity index (χ3n) is 5.75. The van der Waals surface area contributed by atoms with Crippen molar-refractivity contribution in [2.45, 2.75) is 46.0 Å². The minimum absolute atomic E-state index is 0.172. The fraction of sp³-hybridized carbons (Fsp3) is 0.321. The van der Waals surface area contributed by atoms with E-state index in [1.165, 1.54) is 22.3 Å². The van der Waals surface area contributed by atoms with E-state index in [1.54, 1.807) is 12.1 Å². The fourth-order valence-corrected chi connectivity index (χ4v) is 3.56. The first-order valence-electron chi connectivity index (χ1n) is 11.0. The van der Waals surface area contributed by atoms with Gasteiger partial charge in [-0.3, -0.25) is 0 Å². The second-order valence-electron chi connectivity index (χ2n) is 9.43. The molecule has 0 aliphatic heterocycles. The molecule has 3 aromatic rings. The molecule has 162 valence electrons. The number of aromatic carboxylic acids is 1. The largest absolute Gasteiger partial charge is 0.478 e. The van der Waals surface area contributed by atoms with E-state index in [9.17, 15) is 4.79 Å². The van der Waals surface area contributed by atoms with Gasteiger partial charge < -0.3 is 10.4 Å². The molecule has 1 unspecified atom stereocenters. The van der Waals surface area contributed by atoms with E-state index < -0.39 is 5.97 Å². The lowest BCUT2D eigenvalue weighted by molar-refractivity contribution is 0.0697. The van der Waals surface area contributed by atoms with Crippen LogP contribution in [0, 0.1) is 5.92 Å². The Morgan fingerprint density at radius 1 is 0.871 bits per heavy atom. The number of carboxylic acids is 1. The number of rotatable bonds is 8. The van der Waals surface area contributed by atoms with Gasteiger partial charge in [-0.25, -0.2) is 4.79 Å². The van der Waals surface area contributed by atoms with Crippen LogP contribution in [0.4, 0.5) is 5.69 Å². The summed E-state index contributed by atoms with van der Waals surface area (Å²) in [6.07, 6.45) is 2.00. The van der Waals surface area contributed by atoms with Crippen molar-refractivity contribution in [3.05, 3.63) is 89.5 Å². The Morgan fingerprint density at radius 3 is 1.94 bits per heavy atom. The molecule has 3 rings (SSSR count). The van der Waals surface area contributed by atoms with Gasteiger partial charge in [0.05, 0.1) is 5.56 Å². The van der Waals surface area contributed by atoms with Gasteiger partial charge in [-0.1, -0.05) is 76.2 Å². The van der Waals surface area contributed by atoms with E-state index in [0.29, 0.717) is 11.5 Å². The summed E-state index contributed by atoms with van der Waals surface area (Å²) in [4.78, 5) is 10.9. The maximum Gasteiger partial charge on any atom is 0.335 e. The number of hydrogen-bond donors (Lipinski definition) is 2. The highest BCUT2D eigenvalue weighted by atomic mass is 16.4. The van der Waals surface area contributed by atoms with Crippen LogP contribution in [0.25, 0.3) is 11.1 Å². The standard InChI is InChI=1S/C28H33NO2/c1-20(5-6-21-7-9-24(10-8-21)27(30)31)19-29-26-17-13-23(14-18-26)22-11-15-25(16-12-22)28(2,3)4/h7-18,20,29H,5-6,19H2,1-4H3,(H,30,31). The topological polar surface area (TPSA) is 49.3 Å². The van der Waals surface area contributed by atoms with Crippen molar-refractivity contribution < 1.29 is 9.90 Å². The quantitative estimate of drug-likeness (QED) is 0.415. The van der Waals surface area contributed by atoms with Crippen molar-refractivity contribution in [1.82, 2.24) is 0 Å². The molecule has 0 amide bonds. The minimum atomic E-state index is -0.878. The normalized spacial score (nSPS) is 12.4. The molecule has 0 bridgehead atoms. The van der Waals surface area contributed by atoms with Gasteiger partial charge in [0.2, 0.25) is 0 Å². The lowest BCUT2D eigenvalue weighted by atomic mass is 9.86. The van der Waals surface area contributed by atoms with E-state index in [1.807, 2.05) is 12.1 Å². The Bertz CT molecular complexity index is 981. The molecule has 0 heterocycles. The van der Waals surface area contributed by atoms with Crippen LogP contribution in [-0.2, 0) is 11.8 Å². The maximum absolute atomic E-state index is 10.9. The summed E-state index contributed by atoms with van der Waals surface area (Å²) < 4.78 is 0. The Labute approximate surface area is 186 Å². The van der Waals surface area contributed by atoms with Crippen LogP contribution in [0.15, 0.2) is 72.8 Å². The lowest BCUT2D eigenvalue weighted by Gasteiger charge is -2.19. The van der Waals surface area contributed by atoms with Gasteiger partial charge in [0.1, 0.15) is 0 Å². The molecule has 0 fully saturated rings. The van der Waals surface area contributed by atoms with Crippen LogP contribution in [-0.4, -0.2) is 17.6 Å². The zero-order chi connectivity index (χ0) is 22.4. The Kier molecular flexibility index (Phi) is 7.17. The van der Waals surface area contributed by atoms with E-state index in [0.717, 1.165) is 25.1 Å². The minimum Gasteiger partial charge on any atom is -0.478 e. The Hall–Kier alpha value is -3.07. The molecule has 0 saturated carbocycles. The zero-order valence-corrected chi connectivity index (χ0v) is 19.0. The molecule has 3 heteroatoms. The molecular formula is C28H33NO2. The summed E-state index contributed by atoms with van der Waals surface area (Å²) in [6, 6.07) is 24.7. The van der Waals surface area contributed by atoms with Crippen LogP contribution in [0.5, 0.6) is 0 Å². The van der Waals surface area contributed by atoms with Crippen molar-refractivity contribution in [3.63, 3.8) is 0 Å². The Morgan fingerprint density at radius 2 is 1.42 bits per heavy atom. The van der Waals surface area contributed by atoms with E-state index in [4.69, 9.17) is 5.11 Å². The predicted octanol–water partition coefficient (Wildman–Crippen LogP) is 7.03. The van der Waals surface area contributed by atoms with Gasteiger partial charge >= 0.3 is 5.97 Å². The first-order chi connectivity index (χ1) is 14.7. The number of nitrogens with one attached hydrogen (secondary N) is 1. The van der Waals surface area contributed by atoms with Crippen LogP contribution in [0.1, 0.15) is 55.6 Å². The average molecular weight is 416 g/mol. The summed E-state index contributed by atoms with van der Waals surface area (Å²) in [6.45, 7) is 9.85. The summed E-state index contributed by atoms with van der Waals surface area (Å²) in [5.41, 5.74) is 6.63. The molecule has 31 heavy (non-hydrogen) atoms. The van der Waals surface area contributed by atoms with Crippen LogP contribution < -0.4 is 5.32 Å². The Balaban J connectivity index is 1.49. The molecule has 0 radical (unpaired) electrons. The van der Waals surface area contributed by atoms with Crippen molar-refractivity contribution in [2.24, 2.45) is 5.92 Å². The highest BCUT2D eigenvalue weighted by molar-refractivity contribution is 5.87. The lowest BCUT2D eigenvalue weighted by Crippen LogP contribution is -2.12. The first-order valence-corrected chi connectivity index (χ1v) is 11.0. The van der Waals surface area contributed by atoms with Gasteiger partial charge in [0.25, 0.3) is 0 Å². The van der Waals surface area contributed by atoms with Crippen molar-refractivity contribution >= 4 is 11.7 Å². The summed E-state index contributed by atoms with van der Waals surface area (Å²) in [7, 11) is 0. The third kappa shape index (κ3) is 6.45. The zero-order valence-electron chi connectivity index (χ0n) is 19.0. The van der Waals surface area contributed by atoms with Crippen molar-refractivity contribution in [2.75, 3.05) is 11.9 Å². The molecule has 0 aliphatic carbocycles. The summed E-state index contributed by atoms with van der Waals surface area (Å²) in [5.74, 6) is -0.360. The van der Waals surface area contributed by atoms with Gasteiger partial charge in [-0.2, -0.15) is 0 Å². The number of hydrogen-bond acceptors (Lipinski definition) is 2. The molecule has 3 nitrogen and oxygen atoms in total. The monoisotopic (exact) mass is 415 g/mol. The smallest absolute Gasteiger partial charge is 0.335 e. The molecule has 0 spiro atoms. The molecule has 3 aromatic carbocycles. The number of anilines is 1. The highest BCUT2D eigenvalue weighted by Crippen LogP contribution is 2.27. The molecule has 0 aromatic heterocycles. The first kappa shape index (κ1) is 22.6. The summed E-state index contributed by atoms with van der Waals surface area (Å²) in [5, 5.41) is 12.5. The van der Waals surface area contributed by atoms with Gasteiger partial charge in [-0.15, -0.1) is 0 Å². The van der Waals surface area contributed by atoms with Gasteiger partial charge in [0, 0.05) is 12.2 Å². The third-order valence-corrected chi connectivity index (χ3v) is 5.75. The molecule has 0 aliphatic rings. The van der Waals surface area contributed by atoms with E-state index in [2.05, 4.69) is 81.5 Å². The van der Waals surface area contributed by atoms with Crippen LogP contribution in [0.3, 0.4) is 0 Å². The molecular weight excluding hydrogens is 382 g/mol. The molecule has 1 atom stereocenters. The second kappa shape index (κ2) is 9.82. The number of carboxylic acid groups (broad SMARTS) is 1. The van der Waals surface area contributed by atoms with Crippen LogP contribution >= 0.6 is 0 Å². The predicted molar refractivity (Wildman–Crippen MR) is 130 cm³/mol. The SMILES string of the molecule is CC(CCc1ccc(C(=O)O)cc1)CNc1ccc(-c2ccc(C(C)(C)C)cc2)cc1. The maximum atomic E-state index is 10.9. The second-order valence-corrected chi connectivity index (χ2v) is 9.43. The average Bonchev–Trinajstić information content (AvgIpc) is 2.76. The van der Waals surface area contributed by atoms with E-state index >= 15 is 0 Å². The fourth-order valence-electron chi connectivity index (χ4n) is 3.56. The summed E-state index contributed by atoms with van der Waals surface area (Å²) >= 11 is 0. The van der Waals surface area contributed by atoms with E-state index in [-0.39, 0.29) is 5.41 Å². The molecule has 0 saturated heterocycles. The van der Waals surface area contributed by atoms with Crippen molar-refractivity contribution in [3.8, 4) is 11.1 Å². The number of benzene rings is 3. The van der Waals surface area contributed by atoms with Crippen LogP contribution in [0.2, 0.25) is 0 Å². The van der Waals surface area contributed by atoms with Crippen molar-refractivity contribution in [1.29, 1.82) is 0 Å². The van der Waals surface area contributed by atoms with Gasteiger partial charge in [0.15, 0.2) is 0 Å². The number of aryl methyl sites for hydroxylation is 1.